The van der Waals surface area contributed by atoms with E-state index in [9.17, 15) is 9.59 Å². The van der Waals surface area contributed by atoms with Gasteiger partial charge in [-0.2, -0.15) is 0 Å². The van der Waals surface area contributed by atoms with Crippen LogP contribution in [0.1, 0.15) is 20.8 Å². The van der Waals surface area contributed by atoms with Crippen molar-refractivity contribution in [1.82, 2.24) is 15.3 Å². The van der Waals surface area contributed by atoms with E-state index in [0.29, 0.717) is 22.9 Å². The smallest absolute Gasteiger partial charge is 0.272 e. The molecule has 0 radical (unpaired) electrons. The van der Waals surface area contributed by atoms with Crippen LogP contribution in [0.5, 0.6) is 11.5 Å². The van der Waals surface area contributed by atoms with E-state index in [1.165, 1.54) is 19.5 Å². The topological polar surface area (TPSA) is 93.7 Å². The van der Waals surface area contributed by atoms with Crippen LogP contribution >= 0.6 is 0 Å². The lowest BCUT2D eigenvalue weighted by molar-refractivity contribution is 0.0790. The summed E-state index contributed by atoms with van der Waals surface area (Å²) in [5.41, 5.74) is 0.514. The number of Topliss-reactive ketones (excluding diaryl/α,β-unsaturated/α-hetero) is 1. The molecule has 2 aromatic rings. The Hall–Kier alpha value is -3.16. The highest BCUT2D eigenvalue weighted by Gasteiger charge is 2.32. The number of nitrogens with one attached hydrogen (secondary N) is 1. The molecule has 1 N–H and O–H groups in total. The Bertz CT molecular complexity index is 805. The average molecular weight is 342 g/mol. The molecule has 1 aliphatic heterocycles. The van der Waals surface area contributed by atoms with Gasteiger partial charge in [-0.3, -0.25) is 9.59 Å². The summed E-state index contributed by atoms with van der Waals surface area (Å²) in [6, 6.07) is 4.27. The number of nitrogens with zero attached hydrogens (tertiary/aromatic N) is 3. The van der Waals surface area contributed by atoms with Gasteiger partial charge in [-0.1, -0.05) is 6.07 Å². The third-order valence-electron chi connectivity index (χ3n) is 3.81. The molecule has 0 saturated heterocycles. The molecule has 130 valence electrons. The maximum absolute atomic E-state index is 12.6. The van der Waals surface area contributed by atoms with E-state index >= 15 is 0 Å². The number of fused-ring (bicyclic) bond motifs is 1. The van der Waals surface area contributed by atoms with Gasteiger partial charge < -0.3 is 19.7 Å². The number of aromatic nitrogens is 2. The van der Waals surface area contributed by atoms with Crippen LogP contribution in [0.15, 0.2) is 30.6 Å². The second kappa shape index (κ2) is 6.76. The van der Waals surface area contributed by atoms with Gasteiger partial charge in [0, 0.05) is 14.1 Å². The fourth-order valence-corrected chi connectivity index (χ4v) is 2.46. The van der Waals surface area contributed by atoms with Crippen LogP contribution < -0.4 is 19.7 Å². The first-order chi connectivity index (χ1) is 12.0. The van der Waals surface area contributed by atoms with Gasteiger partial charge in [0.15, 0.2) is 17.3 Å². The number of rotatable bonds is 4. The number of para-hydroxylation sites is 1. The molecule has 8 heteroatoms. The molecule has 0 bridgehead atoms. The Morgan fingerprint density at radius 2 is 2.12 bits per heavy atom. The Kier molecular flexibility index (Phi) is 4.51. The SMILES string of the molecule is COc1cccc2c1OC[C@H](NC(=O)c1cnc(N(C)C)cn1)C2=O. The number of carbonyl (C=O) groups is 2. The van der Waals surface area contributed by atoms with Crippen LogP contribution in [-0.4, -0.2) is 55.5 Å². The Morgan fingerprint density at radius 3 is 2.76 bits per heavy atom. The van der Waals surface area contributed by atoms with Gasteiger partial charge in [-0.25, -0.2) is 9.97 Å². The highest BCUT2D eigenvalue weighted by molar-refractivity contribution is 6.06. The zero-order chi connectivity index (χ0) is 18.0. The molecule has 3 rings (SSSR count). The number of benzene rings is 1. The van der Waals surface area contributed by atoms with Crippen LogP contribution in [0.4, 0.5) is 5.82 Å². The molecule has 1 amide bonds. The predicted molar refractivity (Wildman–Crippen MR) is 90.4 cm³/mol. The summed E-state index contributed by atoms with van der Waals surface area (Å²) in [7, 11) is 5.16. The lowest BCUT2D eigenvalue weighted by Gasteiger charge is -2.25. The third-order valence-corrected chi connectivity index (χ3v) is 3.81. The normalized spacial score (nSPS) is 15.8. The summed E-state index contributed by atoms with van der Waals surface area (Å²) in [6.45, 7) is 0.0289. The number of methoxy groups -OCH3 is 1. The molecule has 25 heavy (non-hydrogen) atoms. The van der Waals surface area contributed by atoms with Crippen molar-refractivity contribution in [2.24, 2.45) is 0 Å². The lowest BCUT2D eigenvalue weighted by Crippen LogP contribution is -2.47. The summed E-state index contributed by atoms with van der Waals surface area (Å²) in [5.74, 6) is 0.809. The van der Waals surface area contributed by atoms with Crippen LogP contribution in [-0.2, 0) is 0 Å². The van der Waals surface area contributed by atoms with Gasteiger partial charge in [-0.05, 0) is 12.1 Å². The van der Waals surface area contributed by atoms with Crippen molar-refractivity contribution in [2.45, 2.75) is 6.04 Å². The summed E-state index contributed by atoms with van der Waals surface area (Å²) >= 11 is 0. The highest BCUT2D eigenvalue weighted by atomic mass is 16.5. The molecule has 0 aliphatic carbocycles. The largest absolute Gasteiger partial charge is 0.493 e. The second-order valence-electron chi connectivity index (χ2n) is 5.69. The standard InChI is InChI=1S/C17H18N4O4/c1-21(2)14-8-18-11(7-19-14)17(23)20-12-9-25-16-10(15(12)22)5-4-6-13(16)24-3/h4-8,12H,9H2,1-3H3,(H,20,23)/t12-/m0/s1. The molecule has 1 aliphatic rings. The van der Waals surface area contributed by atoms with Gasteiger partial charge >= 0.3 is 0 Å². The predicted octanol–water partition coefficient (Wildman–Crippen LogP) is 0.925. The van der Waals surface area contributed by atoms with Crippen molar-refractivity contribution < 1.29 is 19.1 Å². The van der Waals surface area contributed by atoms with Gasteiger partial charge in [0.25, 0.3) is 5.91 Å². The van der Waals surface area contributed by atoms with Crippen LogP contribution in [0.3, 0.4) is 0 Å². The van der Waals surface area contributed by atoms with Gasteiger partial charge in [0.2, 0.25) is 0 Å². The Balaban J connectivity index is 1.75. The van der Waals surface area contributed by atoms with Crippen LogP contribution in [0.2, 0.25) is 0 Å². The molecule has 0 unspecified atom stereocenters. The molecule has 1 aromatic heterocycles. The lowest BCUT2D eigenvalue weighted by atomic mass is 10.0. The van der Waals surface area contributed by atoms with Gasteiger partial charge in [0.1, 0.15) is 24.2 Å². The molecule has 1 aromatic carbocycles. The molecule has 8 nitrogen and oxygen atoms in total. The van der Waals surface area contributed by atoms with E-state index in [1.54, 1.807) is 23.1 Å². The summed E-state index contributed by atoms with van der Waals surface area (Å²) < 4.78 is 10.8. The summed E-state index contributed by atoms with van der Waals surface area (Å²) in [4.78, 5) is 34.9. The van der Waals surface area contributed by atoms with Crippen molar-refractivity contribution in [1.29, 1.82) is 0 Å². The molecular formula is C17H18N4O4. The summed E-state index contributed by atoms with van der Waals surface area (Å²) in [5, 5.41) is 2.64. The molecule has 0 saturated carbocycles. The number of amides is 1. The minimum absolute atomic E-state index is 0.0289. The van der Waals surface area contributed by atoms with E-state index in [-0.39, 0.29) is 18.1 Å². The second-order valence-corrected chi connectivity index (χ2v) is 5.69. The number of ketones is 1. The molecule has 1 atom stereocenters. The number of anilines is 1. The van der Waals surface area contributed by atoms with E-state index in [2.05, 4.69) is 15.3 Å². The van der Waals surface area contributed by atoms with Crippen LogP contribution in [0, 0.1) is 0 Å². The highest BCUT2D eigenvalue weighted by Crippen LogP contribution is 2.34. The van der Waals surface area contributed by atoms with Crippen LogP contribution in [0.25, 0.3) is 0 Å². The number of carbonyl (C=O) groups excluding carboxylic acids is 2. The molecular weight excluding hydrogens is 324 g/mol. The minimum Gasteiger partial charge on any atom is -0.493 e. The third kappa shape index (κ3) is 3.23. The average Bonchev–Trinajstić information content (AvgIpc) is 2.63. The van der Waals surface area contributed by atoms with Gasteiger partial charge in [-0.15, -0.1) is 0 Å². The van der Waals surface area contributed by atoms with Gasteiger partial charge in [0.05, 0.1) is 25.1 Å². The fraction of sp³-hybridized carbons (Fsp3) is 0.294. The Morgan fingerprint density at radius 1 is 1.32 bits per heavy atom. The van der Waals surface area contributed by atoms with Crippen molar-refractivity contribution in [3.05, 3.63) is 41.9 Å². The quantitative estimate of drug-likeness (QED) is 0.883. The maximum atomic E-state index is 12.6. The summed E-state index contributed by atoms with van der Waals surface area (Å²) in [6.07, 6.45) is 2.87. The zero-order valence-electron chi connectivity index (χ0n) is 14.1. The zero-order valence-corrected chi connectivity index (χ0v) is 14.1. The number of ether oxygens (including phenoxy) is 2. The molecule has 2 heterocycles. The molecule has 0 fully saturated rings. The maximum Gasteiger partial charge on any atom is 0.272 e. The van der Waals surface area contributed by atoms with E-state index < -0.39 is 11.9 Å². The fourth-order valence-electron chi connectivity index (χ4n) is 2.46. The van der Waals surface area contributed by atoms with Crippen molar-refractivity contribution in [3.8, 4) is 11.5 Å². The van der Waals surface area contributed by atoms with Crippen molar-refractivity contribution >= 4 is 17.5 Å². The number of hydrogen-bond donors (Lipinski definition) is 1. The van der Waals surface area contributed by atoms with Crippen molar-refractivity contribution in [2.75, 3.05) is 32.7 Å². The molecule has 0 spiro atoms. The Labute approximate surface area is 144 Å². The van der Waals surface area contributed by atoms with E-state index in [4.69, 9.17) is 9.47 Å². The monoisotopic (exact) mass is 342 g/mol. The first-order valence-electron chi connectivity index (χ1n) is 7.65. The minimum atomic E-state index is -0.789. The first-order valence-corrected chi connectivity index (χ1v) is 7.65. The van der Waals surface area contributed by atoms with Crippen molar-refractivity contribution in [3.63, 3.8) is 0 Å². The first kappa shape index (κ1) is 16.7. The number of hydrogen-bond acceptors (Lipinski definition) is 7. The van der Waals surface area contributed by atoms with E-state index in [0.717, 1.165) is 0 Å². The van der Waals surface area contributed by atoms with E-state index in [1.807, 2.05) is 14.1 Å².